The molecule has 246 valence electrons. The van der Waals surface area contributed by atoms with E-state index in [1.807, 2.05) is 0 Å². The maximum absolute atomic E-state index is 2.45. The Morgan fingerprint density at radius 2 is 0.690 bits per heavy atom. The molecule has 1 nitrogen and oxygen atoms in total. The van der Waals surface area contributed by atoms with Crippen LogP contribution in [0.3, 0.4) is 0 Å². The van der Waals surface area contributed by atoms with Gasteiger partial charge in [0, 0.05) is 18.1 Å². The van der Waals surface area contributed by atoms with Crippen LogP contribution in [0.1, 0.15) is 225 Å². The molecule has 0 saturated carbocycles. The molecule has 1 heterocycles. The van der Waals surface area contributed by atoms with Gasteiger partial charge in [-0.15, -0.1) is 0 Å². The van der Waals surface area contributed by atoms with Gasteiger partial charge >= 0.3 is 0 Å². The van der Waals surface area contributed by atoms with Crippen LogP contribution in [0.25, 0.3) is 0 Å². The topological polar surface area (TPSA) is 3.88 Å². The molecule has 1 heteroatoms. The van der Waals surface area contributed by atoms with E-state index < -0.39 is 0 Å². The zero-order valence-electron chi connectivity index (χ0n) is 29.3. The van der Waals surface area contributed by atoms with Crippen LogP contribution in [0.5, 0.6) is 0 Å². The van der Waals surface area contributed by atoms with Crippen LogP contribution in [-0.2, 0) is 13.0 Å². The van der Waals surface area contributed by atoms with Gasteiger partial charge in [-0.2, -0.15) is 0 Å². The van der Waals surface area contributed by atoms with Crippen LogP contribution < -0.4 is 4.57 Å². The van der Waals surface area contributed by atoms with E-state index in [9.17, 15) is 0 Å². The minimum atomic E-state index is 1.20. The van der Waals surface area contributed by atoms with E-state index in [2.05, 4.69) is 42.9 Å². The molecule has 1 rings (SSSR count). The van der Waals surface area contributed by atoms with Crippen molar-refractivity contribution >= 4 is 0 Å². The number of hydrogen-bond acceptors (Lipinski definition) is 0. The van der Waals surface area contributed by atoms with Crippen LogP contribution in [0.15, 0.2) is 24.5 Å². The Labute approximate surface area is 266 Å². The summed E-state index contributed by atoms with van der Waals surface area (Å²) < 4.78 is 2.45. The van der Waals surface area contributed by atoms with E-state index in [1.54, 1.807) is 5.56 Å². The van der Waals surface area contributed by atoms with Crippen molar-refractivity contribution in [2.24, 2.45) is 0 Å². The van der Waals surface area contributed by atoms with Gasteiger partial charge in [0.1, 0.15) is 6.54 Å². The molecule has 0 radical (unpaired) electrons. The summed E-state index contributed by atoms with van der Waals surface area (Å²) in [6.07, 6.45) is 52.2. The standard InChI is InChI=1S/C41H78N/c1-3-5-7-9-11-13-15-17-19-20-22-24-26-28-30-32-34-38-42-39-35-37-41(40-42)36-33-31-29-27-25-23-21-18-16-14-12-10-8-6-4-2/h35,37,39-40H,3-34,36,38H2,1-2H3/q+1. The van der Waals surface area contributed by atoms with Crippen molar-refractivity contribution in [2.75, 3.05) is 0 Å². The predicted molar refractivity (Wildman–Crippen MR) is 189 cm³/mol. The first-order valence-electron chi connectivity index (χ1n) is 19.8. The highest BCUT2D eigenvalue weighted by Gasteiger charge is 2.04. The third-order valence-electron chi connectivity index (χ3n) is 9.51. The van der Waals surface area contributed by atoms with Crippen molar-refractivity contribution in [3.8, 4) is 0 Å². The van der Waals surface area contributed by atoms with Gasteiger partial charge in [0.2, 0.25) is 0 Å². The molecule has 0 aliphatic heterocycles. The molecule has 0 fully saturated rings. The second-order valence-electron chi connectivity index (χ2n) is 13.8. The summed E-state index contributed by atoms with van der Waals surface area (Å²) in [7, 11) is 0. The van der Waals surface area contributed by atoms with Crippen molar-refractivity contribution in [2.45, 2.75) is 232 Å². The number of unbranched alkanes of at least 4 members (excludes halogenated alkanes) is 30. The van der Waals surface area contributed by atoms with Gasteiger partial charge in [0.15, 0.2) is 12.4 Å². The smallest absolute Gasteiger partial charge is 0.171 e. The molecule has 0 atom stereocenters. The SMILES string of the molecule is CCCCCCCCCCCCCCCCCCC[n+]1cccc(CCCCCCCCCCCCCCCCC)c1. The fraction of sp³-hybridized carbons (Fsp3) is 0.878. The van der Waals surface area contributed by atoms with Crippen molar-refractivity contribution < 1.29 is 4.57 Å². The number of rotatable bonds is 34. The molecule has 0 amide bonds. The lowest BCUT2D eigenvalue weighted by molar-refractivity contribution is -0.697. The van der Waals surface area contributed by atoms with Crippen LogP contribution >= 0.6 is 0 Å². The Kier molecular flexibility index (Phi) is 30.8. The lowest BCUT2D eigenvalue weighted by atomic mass is 10.0. The third-order valence-corrected chi connectivity index (χ3v) is 9.51. The maximum atomic E-state index is 2.45. The fourth-order valence-corrected chi connectivity index (χ4v) is 6.58. The second kappa shape index (κ2) is 33.1. The number of hydrogen-bond donors (Lipinski definition) is 0. The predicted octanol–water partition coefficient (Wildman–Crippen LogP) is 14.0. The Morgan fingerprint density at radius 1 is 0.381 bits per heavy atom. The highest BCUT2D eigenvalue weighted by atomic mass is 14.9. The molecule has 0 aromatic carbocycles. The Balaban J connectivity index is 1.84. The van der Waals surface area contributed by atoms with E-state index in [4.69, 9.17) is 0 Å². The third kappa shape index (κ3) is 28.0. The summed E-state index contributed by atoms with van der Waals surface area (Å²) in [5.74, 6) is 0. The molecule has 0 spiro atoms. The molecule has 1 aromatic rings. The second-order valence-corrected chi connectivity index (χ2v) is 13.8. The summed E-state index contributed by atoms with van der Waals surface area (Å²) in [5.41, 5.74) is 1.54. The molecule has 0 aliphatic carbocycles. The van der Waals surface area contributed by atoms with Crippen molar-refractivity contribution in [1.82, 2.24) is 0 Å². The van der Waals surface area contributed by atoms with Crippen LogP contribution in [0, 0.1) is 0 Å². The Hall–Kier alpha value is -0.850. The van der Waals surface area contributed by atoms with E-state index in [0.717, 1.165) is 0 Å². The average Bonchev–Trinajstić information content (AvgIpc) is 3.01. The minimum Gasteiger partial charge on any atom is -0.205 e. The highest BCUT2D eigenvalue weighted by molar-refractivity contribution is 5.05. The van der Waals surface area contributed by atoms with E-state index in [-0.39, 0.29) is 0 Å². The average molecular weight is 585 g/mol. The largest absolute Gasteiger partial charge is 0.205 e. The molecule has 42 heavy (non-hydrogen) atoms. The number of aryl methyl sites for hydroxylation is 2. The molecule has 0 N–H and O–H groups in total. The molecule has 1 aromatic heterocycles. The normalized spacial score (nSPS) is 11.5. The number of aromatic nitrogens is 1. The molecular formula is C41H78N+. The first kappa shape index (κ1) is 39.2. The quantitative estimate of drug-likeness (QED) is 0.0560. The molecular weight excluding hydrogens is 506 g/mol. The Morgan fingerprint density at radius 3 is 1.05 bits per heavy atom. The summed E-state index contributed by atoms with van der Waals surface area (Å²) in [4.78, 5) is 0. The van der Waals surface area contributed by atoms with Crippen LogP contribution in [0.4, 0.5) is 0 Å². The lowest BCUT2D eigenvalue weighted by Crippen LogP contribution is -2.33. The molecule has 0 bridgehead atoms. The maximum Gasteiger partial charge on any atom is 0.171 e. The fourth-order valence-electron chi connectivity index (χ4n) is 6.58. The van der Waals surface area contributed by atoms with Gasteiger partial charge < -0.3 is 0 Å². The van der Waals surface area contributed by atoms with Crippen molar-refractivity contribution in [3.63, 3.8) is 0 Å². The van der Waals surface area contributed by atoms with E-state index in [0.29, 0.717) is 0 Å². The summed E-state index contributed by atoms with van der Waals surface area (Å²) in [6, 6.07) is 4.61. The number of nitrogens with zero attached hydrogens (tertiary/aromatic N) is 1. The first-order valence-corrected chi connectivity index (χ1v) is 19.8. The van der Waals surface area contributed by atoms with E-state index >= 15 is 0 Å². The molecule has 0 saturated heterocycles. The van der Waals surface area contributed by atoms with Gasteiger partial charge in [0.05, 0.1) is 0 Å². The van der Waals surface area contributed by atoms with Crippen LogP contribution in [0.2, 0.25) is 0 Å². The van der Waals surface area contributed by atoms with E-state index in [1.165, 1.54) is 218 Å². The summed E-state index contributed by atoms with van der Waals surface area (Å²) >= 11 is 0. The summed E-state index contributed by atoms with van der Waals surface area (Å²) in [6.45, 7) is 5.81. The highest BCUT2D eigenvalue weighted by Crippen LogP contribution is 2.15. The zero-order valence-corrected chi connectivity index (χ0v) is 29.3. The monoisotopic (exact) mass is 585 g/mol. The minimum absolute atomic E-state index is 1.20. The first-order chi connectivity index (χ1) is 20.9. The summed E-state index contributed by atoms with van der Waals surface area (Å²) in [5, 5.41) is 0. The van der Waals surface area contributed by atoms with Crippen LogP contribution in [-0.4, -0.2) is 0 Å². The van der Waals surface area contributed by atoms with Crippen molar-refractivity contribution in [1.29, 1.82) is 0 Å². The van der Waals surface area contributed by atoms with Gasteiger partial charge in [-0.25, -0.2) is 4.57 Å². The van der Waals surface area contributed by atoms with Gasteiger partial charge in [-0.3, -0.25) is 0 Å². The Bertz CT molecular complexity index is 637. The molecule has 0 aliphatic rings. The van der Waals surface area contributed by atoms with Gasteiger partial charge in [-0.1, -0.05) is 200 Å². The number of pyridine rings is 1. The van der Waals surface area contributed by atoms with Gasteiger partial charge in [0.25, 0.3) is 0 Å². The van der Waals surface area contributed by atoms with Crippen molar-refractivity contribution in [3.05, 3.63) is 30.1 Å². The molecule has 0 unspecified atom stereocenters. The zero-order chi connectivity index (χ0) is 30.0. The van der Waals surface area contributed by atoms with Gasteiger partial charge in [-0.05, 0) is 25.3 Å². The lowest BCUT2D eigenvalue weighted by Gasteiger charge is -2.04.